The van der Waals surface area contributed by atoms with Gasteiger partial charge in [-0.15, -0.1) is 0 Å². The smallest absolute Gasteiger partial charge is 0.257 e. The van der Waals surface area contributed by atoms with Gasteiger partial charge in [-0.3, -0.25) is 9.59 Å². The van der Waals surface area contributed by atoms with Gasteiger partial charge in [0.25, 0.3) is 11.8 Å². The van der Waals surface area contributed by atoms with E-state index in [9.17, 15) is 14.0 Å². The Bertz CT molecular complexity index is 1220. The van der Waals surface area contributed by atoms with Crippen molar-refractivity contribution in [1.29, 1.82) is 0 Å². The van der Waals surface area contributed by atoms with Crippen LogP contribution in [0.25, 0.3) is 10.9 Å². The van der Waals surface area contributed by atoms with Gasteiger partial charge in [-0.25, -0.2) is 4.39 Å². The summed E-state index contributed by atoms with van der Waals surface area (Å²) in [7, 11) is 0. The number of halogens is 1. The van der Waals surface area contributed by atoms with Crippen LogP contribution < -0.4 is 11.1 Å². The predicted molar refractivity (Wildman–Crippen MR) is 110 cm³/mol. The fourth-order valence-corrected chi connectivity index (χ4v) is 3.35. The van der Waals surface area contributed by atoms with E-state index in [2.05, 4.69) is 5.32 Å². The number of fused-ring (bicyclic) bond motifs is 1. The lowest BCUT2D eigenvalue weighted by Crippen LogP contribution is -2.16. The largest absolute Gasteiger partial charge is 0.366 e. The molecule has 5 nitrogen and oxygen atoms in total. The molecule has 2 amide bonds. The molecule has 0 unspecified atom stereocenters. The third-order valence-corrected chi connectivity index (χ3v) is 4.72. The van der Waals surface area contributed by atoms with Gasteiger partial charge in [0.05, 0.1) is 16.6 Å². The lowest BCUT2D eigenvalue weighted by Gasteiger charge is -2.11. The SMILES string of the molecule is NC(=O)c1cc(NC(=O)c2cccc3ccn(Cc4ccccc4)c23)ccc1F. The summed E-state index contributed by atoms with van der Waals surface area (Å²) in [4.78, 5) is 24.3. The van der Waals surface area contributed by atoms with E-state index in [0.29, 0.717) is 17.8 Å². The number of nitrogens with two attached hydrogens (primary N) is 1. The van der Waals surface area contributed by atoms with E-state index in [0.717, 1.165) is 22.5 Å². The number of hydrogen-bond donors (Lipinski definition) is 2. The standard InChI is InChI=1S/C23H18FN3O2/c24-20-10-9-17(13-19(20)22(25)28)26-23(29)18-8-4-7-16-11-12-27(21(16)18)14-15-5-2-1-3-6-15/h1-13H,14H2,(H2,25,28)(H,26,29). The van der Waals surface area contributed by atoms with Gasteiger partial charge >= 0.3 is 0 Å². The van der Waals surface area contributed by atoms with Gasteiger partial charge in [-0.05, 0) is 35.9 Å². The highest BCUT2D eigenvalue weighted by atomic mass is 19.1. The second kappa shape index (κ2) is 7.59. The van der Waals surface area contributed by atoms with Crippen LogP contribution >= 0.6 is 0 Å². The van der Waals surface area contributed by atoms with Crippen molar-refractivity contribution in [2.24, 2.45) is 5.73 Å². The van der Waals surface area contributed by atoms with E-state index in [-0.39, 0.29) is 11.5 Å². The lowest BCUT2D eigenvalue weighted by molar-refractivity contribution is 0.0992. The Morgan fingerprint density at radius 3 is 2.48 bits per heavy atom. The van der Waals surface area contributed by atoms with Crippen molar-refractivity contribution in [1.82, 2.24) is 4.57 Å². The van der Waals surface area contributed by atoms with Crippen molar-refractivity contribution in [3.05, 3.63) is 102 Å². The monoisotopic (exact) mass is 387 g/mol. The van der Waals surface area contributed by atoms with Crippen LogP contribution in [-0.4, -0.2) is 16.4 Å². The highest BCUT2D eigenvalue weighted by Gasteiger charge is 2.16. The maximum atomic E-state index is 13.7. The molecule has 0 bridgehead atoms. The number of aromatic nitrogens is 1. The van der Waals surface area contributed by atoms with Crippen LogP contribution in [0.3, 0.4) is 0 Å². The predicted octanol–water partition coefficient (Wildman–Crippen LogP) is 4.18. The molecule has 0 fully saturated rings. The molecular weight excluding hydrogens is 369 g/mol. The minimum atomic E-state index is -0.891. The van der Waals surface area contributed by atoms with Gasteiger partial charge in [0.2, 0.25) is 0 Å². The Labute approximate surface area is 166 Å². The van der Waals surface area contributed by atoms with Gasteiger partial charge in [-0.2, -0.15) is 0 Å². The molecule has 4 aromatic rings. The van der Waals surface area contributed by atoms with Crippen LogP contribution in [0.4, 0.5) is 10.1 Å². The molecule has 0 saturated heterocycles. The van der Waals surface area contributed by atoms with Crippen LogP contribution in [0.1, 0.15) is 26.3 Å². The molecule has 0 aliphatic carbocycles. The van der Waals surface area contributed by atoms with Gasteiger partial charge in [-0.1, -0.05) is 42.5 Å². The van der Waals surface area contributed by atoms with Crippen molar-refractivity contribution >= 4 is 28.4 Å². The molecule has 3 N–H and O–H groups in total. The summed E-state index contributed by atoms with van der Waals surface area (Å²) in [5, 5.41) is 3.66. The molecule has 0 spiro atoms. The number of rotatable bonds is 5. The van der Waals surface area contributed by atoms with Gasteiger partial charge in [0.15, 0.2) is 0 Å². The quantitative estimate of drug-likeness (QED) is 0.539. The number of nitrogens with one attached hydrogen (secondary N) is 1. The number of carbonyl (C=O) groups is 2. The summed E-state index contributed by atoms with van der Waals surface area (Å²) in [5.41, 5.74) is 7.60. The van der Waals surface area contributed by atoms with Crippen LogP contribution in [0.15, 0.2) is 79.0 Å². The molecule has 0 atom stereocenters. The first kappa shape index (κ1) is 18.4. The number of para-hydroxylation sites is 1. The van der Waals surface area contributed by atoms with E-state index < -0.39 is 11.7 Å². The molecular formula is C23H18FN3O2. The summed E-state index contributed by atoms with van der Waals surface area (Å²) >= 11 is 0. The zero-order valence-corrected chi connectivity index (χ0v) is 15.4. The van der Waals surface area contributed by atoms with E-state index in [1.54, 1.807) is 6.07 Å². The molecule has 0 aliphatic heterocycles. The van der Waals surface area contributed by atoms with Crippen LogP contribution in [0, 0.1) is 5.82 Å². The van der Waals surface area contributed by atoms with E-state index >= 15 is 0 Å². The first-order valence-corrected chi connectivity index (χ1v) is 9.05. The Hall–Kier alpha value is -3.93. The molecule has 0 radical (unpaired) electrons. The number of primary amides is 1. The average Bonchev–Trinajstić information content (AvgIpc) is 3.13. The molecule has 3 aromatic carbocycles. The van der Waals surface area contributed by atoms with E-state index in [1.807, 2.05) is 59.3 Å². The minimum absolute atomic E-state index is 0.270. The first-order chi connectivity index (χ1) is 14.0. The maximum absolute atomic E-state index is 13.7. The number of anilines is 1. The van der Waals surface area contributed by atoms with Crippen LogP contribution in [-0.2, 0) is 6.54 Å². The highest BCUT2D eigenvalue weighted by Crippen LogP contribution is 2.23. The van der Waals surface area contributed by atoms with Crippen molar-refractivity contribution in [3.8, 4) is 0 Å². The normalized spacial score (nSPS) is 10.8. The fourth-order valence-electron chi connectivity index (χ4n) is 3.35. The Morgan fingerprint density at radius 2 is 1.72 bits per heavy atom. The summed E-state index contributed by atoms with van der Waals surface area (Å²) in [6.07, 6.45) is 1.94. The van der Waals surface area contributed by atoms with Crippen LogP contribution in [0.5, 0.6) is 0 Å². The van der Waals surface area contributed by atoms with E-state index in [4.69, 9.17) is 5.73 Å². The van der Waals surface area contributed by atoms with Crippen molar-refractivity contribution < 1.29 is 14.0 Å². The Morgan fingerprint density at radius 1 is 0.931 bits per heavy atom. The average molecular weight is 387 g/mol. The molecule has 1 heterocycles. The number of nitrogens with zero attached hydrogens (tertiary/aromatic N) is 1. The van der Waals surface area contributed by atoms with Crippen molar-refractivity contribution in [3.63, 3.8) is 0 Å². The summed E-state index contributed by atoms with van der Waals surface area (Å²) in [6.45, 7) is 0.622. The second-order valence-electron chi connectivity index (χ2n) is 6.69. The van der Waals surface area contributed by atoms with E-state index in [1.165, 1.54) is 12.1 Å². The van der Waals surface area contributed by atoms with Crippen LogP contribution in [0.2, 0.25) is 0 Å². The summed E-state index contributed by atoms with van der Waals surface area (Å²) in [5.74, 6) is -1.97. The second-order valence-corrected chi connectivity index (χ2v) is 6.69. The Balaban J connectivity index is 1.68. The maximum Gasteiger partial charge on any atom is 0.257 e. The fraction of sp³-hybridized carbons (Fsp3) is 0.0435. The summed E-state index contributed by atoms with van der Waals surface area (Å²) < 4.78 is 15.7. The van der Waals surface area contributed by atoms with Gasteiger partial charge in [0, 0.05) is 23.8 Å². The highest BCUT2D eigenvalue weighted by molar-refractivity contribution is 6.12. The zero-order chi connectivity index (χ0) is 20.4. The summed E-state index contributed by atoms with van der Waals surface area (Å²) in [6, 6.07) is 21.1. The molecule has 144 valence electrons. The van der Waals surface area contributed by atoms with Crippen molar-refractivity contribution in [2.75, 3.05) is 5.32 Å². The van der Waals surface area contributed by atoms with Gasteiger partial charge < -0.3 is 15.6 Å². The molecule has 1 aromatic heterocycles. The van der Waals surface area contributed by atoms with Crippen molar-refractivity contribution in [2.45, 2.75) is 6.54 Å². The molecule has 6 heteroatoms. The molecule has 29 heavy (non-hydrogen) atoms. The molecule has 0 saturated carbocycles. The zero-order valence-electron chi connectivity index (χ0n) is 15.4. The number of carbonyl (C=O) groups excluding carboxylic acids is 2. The number of hydrogen-bond acceptors (Lipinski definition) is 2. The van der Waals surface area contributed by atoms with Gasteiger partial charge in [0.1, 0.15) is 5.82 Å². The number of amides is 2. The topological polar surface area (TPSA) is 77.1 Å². The molecule has 0 aliphatic rings. The number of benzene rings is 3. The minimum Gasteiger partial charge on any atom is -0.366 e. The molecule has 4 rings (SSSR count). The third-order valence-electron chi connectivity index (χ3n) is 4.72. The Kier molecular flexibility index (Phi) is 4.83. The lowest BCUT2D eigenvalue weighted by atomic mass is 10.1. The third kappa shape index (κ3) is 3.73. The first-order valence-electron chi connectivity index (χ1n) is 9.05.